The summed E-state index contributed by atoms with van der Waals surface area (Å²) in [6, 6.07) is 7.93. The third kappa shape index (κ3) is 3.03. The number of ether oxygens (including phenoxy) is 2. The van der Waals surface area contributed by atoms with Gasteiger partial charge in [0.1, 0.15) is 11.5 Å². The molecule has 1 aromatic carbocycles. The third-order valence-electron chi connectivity index (χ3n) is 3.57. The molecule has 1 aromatic heterocycles. The number of hydrogen-bond acceptors (Lipinski definition) is 4. The SMILES string of the molecule is CCn1nc(C)cc1C(NC)c1cc(OC)ccc1OC. The number of rotatable bonds is 6. The van der Waals surface area contributed by atoms with Gasteiger partial charge in [-0.05, 0) is 45.2 Å². The fourth-order valence-electron chi connectivity index (χ4n) is 2.58. The first-order chi connectivity index (χ1) is 10.1. The van der Waals surface area contributed by atoms with E-state index in [1.54, 1.807) is 14.2 Å². The summed E-state index contributed by atoms with van der Waals surface area (Å²) in [6.07, 6.45) is 0. The standard InChI is InChI=1S/C16H23N3O2/c1-6-19-14(9-11(2)18-19)16(17-3)13-10-12(20-4)7-8-15(13)21-5/h7-10,16-17H,6H2,1-5H3. The van der Waals surface area contributed by atoms with E-state index in [9.17, 15) is 0 Å². The van der Waals surface area contributed by atoms with Gasteiger partial charge in [0.2, 0.25) is 0 Å². The minimum atomic E-state index is -0.00352. The van der Waals surface area contributed by atoms with Crippen molar-refractivity contribution in [3.63, 3.8) is 0 Å². The highest BCUT2D eigenvalue weighted by molar-refractivity contribution is 5.45. The van der Waals surface area contributed by atoms with Crippen LogP contribution in [0.1, 0.15) is 29.9 Å². The van der Waals surface area contributed by atoms with Crippen molar-refractivity contribution in [2.45, 2.75) is 26.4 Å². The molecule has 0 aliphatic heterocycles. The molecule has 0 radical (unpaired) electrons. The van der Waals surface area contributed by atoms with Crippen molar-refractivity contribution in [3.05, 3.63) is 41.2 Å². The molecule has 21 heavy (non-hydrogen) atoms. The summed E-state index contributed by atoms with van der Waals surface area (Å²) in [7, 11) is 5.28. The zero-order valence-electron chi connectivity index (χ0n) is 13.3. The van der Waals surface area contributed by atoms with Gasteiger partial charge in [-0.1, -0.05) is 0 Å². The molecule has 0 saturated heterocycles. The topological polar surface area (TPSA) is 48.3 Å². The first kappa shape index (κ1) is 15.4. The minimum absolute atomic E-state index is 0.00352. The second-order valence-electron chi connectivity index (χ2n) is 4.86. The summed E-state index contributed by atoms with van der Waals surface area (Å²) in [6.45, 7) is 4.92. The molecule has 0 fully saturated rings. The van der Waals surface area contributed by atoms with Crippen LogP contribution in [0.15, 0.2) is 24.3 Å². The summed E-state index contributed by atoms with van der Waals surface area (Å²) in [4.78, 5) is 0. The Labute approximate surface area is 125 Å². The van der Waals surface area contributed by atoms with E-state index in [1.807, 2.05) is 36.9 Å². The number of benzene rings is 1. The van der Waals surface area contributed by atoms with Gasteiger partial charge in [-0.25, -0.2) is 0 Å². The molecule has 5 nitrogen and oxygen atoms in total. The van der Waals surface area contributed by atoms with Crippen LogP contribution >= 0.6 is 0 Å². The smallest absolute Gasteiger partial charge is 0.124 e. The number of nitrogens with one attached hydrogen (secondary N) is 1. The molecule has 2 aromatic rings. The molecule has 5 heteroatoms. The Balaban J connectivity index is 2.54. The van der Waals surface area contributed by atoms with Gasteiger partial charge in [0.15, 0.2) is 0 Å². The summed E-state index contributed by atoms with van der Waals surface area (Å²) >= 11 is 0. The van der Waals surface area contributed by atoms with E-state index in [-0.39, 0.29) is 6.04 Å². The summed E-state index contributed by atoms with van der Waals surface area (Å²) in [5, 5.41) is 7.88. The van der Waals surface area contributed by atoms with Crippen molar-refractivity contribution in [2.75, 3.05) is 21.3 Å². The predicted octanol–water partition coefficient (Wildman–Crippen LogP) is 2.54. The normalized spacial score (nSPS) is 12.2. The van der Waals surface area contributed by atoms with Crippen LogP contribution in [0, 0.1) is 6.92 Å². The summed E-state index contributed by atoms with van der Waals surface area (Å²) in [5.41, 5.74) is 3.16. The highest BCUT2D eigenvalue weighted by Crippen LogP contribution is 2.33. The second-order valence-corrected chi connectivity index (χ2v) is 4.86. The van der Waals surface area contributed by atoms with Crippen molar-refractivity contribution in [3.8, 4) is 11.5 Å². The van der Waals surface area contributed by atoms with Gasteiger partial charge >= 0.3 is 0 Å². The molecule has 1 N–H and O–H groups in total. The number of aromatic nitrogens is 2. The monoisotopic (exact) mass is 289 g/mol. The van der Waals surface area contributed by atoms with Crippen molar-refractivity contribution in [2.24, 2.45) is 0 Å². The zero-order chi connectivity index (χ0) is 15.4. The molecule has 0 aliphatic rings. The van der Waals surface area contributed by atoms with E-state index in [0.29, 0.717) is 0 Å². The van der Waals surface area contributed by atoms with Crippen LogP contribution in [0.25, 0.3) is 0 Å². The molecule has 1 heterocycles. The number of aryl methyl sites for hydroxylation is 2. The van der Waals surface area contributed by atoms with E-state index in [0.717, 1.165) is 35.0 Å². The van der Waals surface area contributed by atoms with Crippen LogP contribution in [-0.4, -0.2) is 31.0 Å². The second kappa shape index (κ2) is 6.63. The van der Waals surface area contributed by atoms with Crippen molar-refractivity contribution in [1.82, 2.24) is 15.1 Å². The molecule has 0 bridgehead atoms. The first-order valence-corrected chi connectivity index (χ1v) is 7.08. The quantitative estimate of drug-likeness (QED) is 0.888. The van der Waals surface area contributed by atoms with Crippen LogP contribution in [0.3, 0.4) is 0 Å². The lowest BCUT2D eigenvalue weighted by molar-refractivity contribution is 0.393. The summed E-state index contributed by atoms with van der Waals surface area (Å²) < 4.78 is 12.9. The summed E-state index contributed by atoms with van der Waals surface area (Å²) in [5.74, 6) is 1.64. The van der Waals surface area contributed by atoms with Gasteiger partial charge in [0, 0.05) is 12.1 Å². The van der Waals surface area contributed by atoms with Gasteiger partial charge in [-0.15, -0.1) is 0 Å². The maximum absolute atomic E-state index is 5.50. The molecule has 2 rings (SSSR count). The molecule has 114 valence electrons. The van der Waals surface area contributed by atoms with E-state index in [4.69, 9.17) is 9.47 Å². The van der Waals surface area contributed by atoms with E-state index in [2.05, 4.69) is 23.4 Å². The molecule has 0 spiro atoms. The van der Waals surface area contributed by atoms with Crippen molar-refractivity contribution < 1.29 is 9.47 Å². The largest absolute Gasteiger partial charge is 0.497 e. The van der Waals surface area contributed by atoms with E-state index >= 15 is 0 Å². The Bertz CT molecular complexity index is 608. The van der Waals surface area contributed by atoms with Crippen LogP contribution in [0.2, 0.25) is 0 Å². The lowest BCUT2D eigenvalue weighted by Crippen LogP contribution is -2.22. The molecule has 0 amide bonds. The Kier molecular flexibility index (Phi) is 4.85. The molecule has 1 unspecified atom stereocenters. The fourth-order valence-corrected chi connectivity index (χ4v) is 2.58. The van der Waals surface area contributed by atoms with Gasteiger partial charge in [-0.2, -0.15) is 5.10 Å². The fraction of sp³-hybridized carbons (Fsp3) is 0.438. The highest BCUT2D eigenvalue weighted by atomic mass is 16.5. The Morgan fingerprint density at radius 3 is 2.57 bits per heavy atom. The Hall–Kier alpha value is -2.01. The van der Waals surface area contributed by atoms with Crippen molar-refractivity contribution >= 4 is 0 Å². The average Bonchev–Trinajstić information content (AvgIpc) is 2.88. The van der Waals surface area contributed by atoms with Gasteiger partial charge < -0.3 is 14.8 Å². The van der Waals surface area contributed by atoms with Crippen LogP contribution in [0.5, 0.6) is 11.5 Å². The minimum Gasteiger partial charge on any atom is -0.497 e. The van der Waals surface area contributed by atoms with Crippen LogP contribution < -0.4 is 14.8 Å². The average molecular weight is 289 g/mol. The highest BCUT2D eigenvalue weighted by Gasteiger charge is 2.21. The van der Waals surface area contributed by atoms with Crippen LogP contribution in [-0.2, 0) is 6.54 Å². The lowest BCUT2D eigenvalue weighted by Gasteiger charge is -2.21. The van der Waals surface area contributed by atoms with E-state index in [1.165, 1.54) is 0 Å². The number of nitrogens with zero attached hydrogens (tertiary/aromatic N) is 2. The van der Waals surface area contributed by atoms with Gasteiger partial charge in [-0.3, -0.25) is 4.68 Å². The van der Waals surface area contributed by atoms with Crippen LogP contribution in [0.4, 0.5) is 0 Å². The predicted molar refractivity (Wildman–Crippen MR) is 83.1 cm³/mol. The number of methoxy groups -OCH3 is 2. The third-order valence-corrected chi connectivity index (χ3v) is 3.57. The van der Waals surface area contributed by atoms with E-state index < -0.39 is 0 Å². The van der Waals surface area contributed by atoms with Gasteiger partial charge in [0.25, 0.3) is 0 Å². The van der Waals surface area contributed by atoms with Crippen molar-refractivity contribution in [1.29, 1.82) is 0 Å². The molecular weight excluding hydrogens is 266 g/mol. The Morgan fingerprint density at radius 2 is 2.00 bits per heavy atom. The molecule has 0 aliphatic carbocycles. The maximum atomic E-state index is 5.50. The Morgan fingerprint density at radius 1 is 1.24 bits per heavy atom. The first-order valence-electron chi connectivity index (χ1n) is 7.08. The maximum Gasteiger partial charge on any atom is 0.124 e. The van der Waals surface area contributed by atoms with Gasteiger partial charge in [0.05, 0.1) is 31.6 Å². The molecular formula is C16H23N3O2. The lowest BCUT2D eigenvalue weighted by atomic mass is 10.0. The molecule has 0 saturated carbocycles. The molecule has 1 atom stereocenters. The number of hydrogen-bond donors (Lipinski definition) is 1. The zero-order valence-corrected chi connectivity index (χ0v) is 13.3.